The van der Waals surface area contributed by atoms with Crippen molar-refractivity contribution in [3.05, 3.63) is 23.2 Å². The standard InChI is InChI=1S/C15H19ClF2N2O3/c1-9(21)7-11-3-2-6-20(11)15(22)19-10-4-5-12(16)13(8-10)23-14(17)18/h4-5,8-9,11,14,21H,2-3,6-7H2,1H3,(H,19,22). The highest BCUT2D eigenvalue weighted by Gasteiger charge is 2.29. The van der Waals surface area contributed by atoms with E-state index in [0.717, 1.165) is 12.8 Å². The lowest BCUT2D eigenvalue weighted by Crippen LogP contribution is -2.40. The molecule has 1 heterocycles. The maximum absolute atomic E-state index is 12.3. The van der Waals surface area contributed by atoms with Crippen LogP contribution in [0.25, 0.3) is 0 Å². The van der Waals surface area contributed by atoms with Crippen LogP contribution in [0.15, 0.2) is 18.2 Å². The smallest absolute Gasteiger partial charge is 0.387 e. The summed E-state index contributed by atoms with van der Waals surface area (Å²) in [5.41, 5.74) is 0.317. The topological polar surface area (TPSA) is 61.8 Å². The van der Waals surface area contributed by atoms with Crippen molar-refractivity contribution in [3.8, 4) is 5.75 Å². The van der Waals surface area contributed by atoms with Crippen LogP contribution < -0.4 is 10.1 Å². The van der Waals surface area contributed by atoms with Gasteiger partial charge in [0, 0.05) is 24.3 Å². The average Bonchev–Trinajstić information content (AvgIpc) is 2.89. The van der Waals surface area contributed by atoms with Gasteiger partial charge in [-0.2, -0.15) is 8.78 Å². The first-order valence-corrected chi connectivity index (χ1v) is 7.74. The molecule has 1 fully saturated rings. The van der Waals surface area contributed by atoms with Crippen molar-refractivity contribution in [1.82, 2.24) is 4.90 Å². The molecule has 1 aliphatic rings. The third-order valence-corrected chi connectivity index (χ3v) is 3.96. The first-order valence-electron chi connectivity index (χ1n) is 7.37. The Morgan fingerprint density at radius 2 is 2.30 bits per heavy atom. The molecular weight excluding hydrogens is 330 g/mol. The summed E-state index contributed by atoms with van der Waals surface area (Å²) in [6, 6.07) is 3.79. The first-order chi connectivity index (χ1) is 10.9. The van der Waals surface area contributed by atoms with Crippen LogP contribution in [-0.2, 0) is 0 Å². The number of rotatable bonds is 5. The summed E-state index contributed by atoms with van der Waals surface area (Å²) in [4.78, 5) is 14.0. The fraction of sp³-hybridized carbons (Fsp3) is 0.533. The molecule has 1 aromatic carbocycles. The number of amides is 2. The molecule has 2 N–H and O–H groups in total. The summed E-state index contributed by atoms with van der Waals surface area (Å²) in [5.74, 6) is -0.193. The number of ether oxygens (including phenoxy) is 1. The van der Waals surface area contributed by atoms with Crippen LogP contribution in [0, 0.1) is 0 Å². The summed E-state index contributed by atoms with van der Waals surface area (Å²) >= 11 is 5.78. The molecule has 0 radical (unpaired) electrons. The summed E-state index contributed by atoms with van der Waals surface area (Å²) in [5, 5.41) is 12.2. The van der Waals surface area contributed by atoms with Gasteiger partial charge in [-0.3, -0.25) is 0 Å². The molecule has 2 unspecified atom stereocenters. The van der Waals surface area contributed by atoms with Crippen LogP contribution in [0.4, 0.5) is 19.3 Å². The van der Waals surface area contributed by atoms with E-state index in [1.165, 1.54) is 18.2 Å². The van der Waals surface area contributed by atoms with Gasteiger partial charge in [-0.05, 0) is 38.3 Å². The van der Waals surface area contributed by atoms with Gasteiger partial charge in [-0.1, -0.05) is 11.6 Å². The Hall–Kier alpha value is -1.60. The van der Waals surface area contributed by atoms with Gasteiger partial charge in [0.1, 0.15) is 5.75 Å². The van der Waals surface area contributed by atoms with Crippen molar-refractivity contribution in [2.75, 3.05) is 11.9 Å². The van der Waals surface area contributed by atoms with Gasteiger partial charge in [-0.25, -0.2) is 4.79 Å². The Balaban J connectivity index is 2.05. The molecule has 1 aliphatic heterocycles. The quantitative estimate of drug-likeness (QED) is 0.852. The predicted octanol–water partition coefficient (Wildman–Crippen LogP) is 3.71. The third-order valence-electron chi connectivity index (χ3n) is 3.65. The summed E-state index contributed by atoms with van der Waals surface area (Å²) in [7, 11) is 0. The van der Waals surface area contributed by atoms with Gasteiger partial charge in [-0.15, -0.1) is 0 Å². The number of alkyl halides is 2. The Morgan fingerprint density at radius 1 is 1.57 bits per heavy atom. The Morgan fingerprint density at radius 3 is 2.96 bits per heavy atom. The number of carbonyl (C=O) groups is 1. The Kier molecular flexibility index (Phi) is 6.01. The van der Waals surface area contributed by atoms with E-state index < -0.39 is 12.7 Å². The second-order valence-corrected chi connectivity index (χ2v) is 5.94. The van der Waals surface area contributed by atoms with E-state index in [1.807, 2.05) is 0 Å². The zero-order valence-corrected chi connectivity index (χ0v) is 13.4. The number of urea groups is 1. The molecule has 5 nitrogen and oxygen atoms in total. The highest BCUT2D eigenvalue weighted by molar-refractivity contribution is 6.32. The summed E-state index contributed by atoms with van der Waals surface area (Å²) in [6.07, 6.45) is 1.72. The number of benzene rings is 1. The SMILES string of the molecule is CC(O)CC1CCCN1C(=O)Nc1ccc(Cl)c(OC(F)F)c1. The molecule has 1 saturated heterocycles. The maximum Gasteiger partial charge on any atom is 0.387 e. The zero-order chi connectivity index (χ0) is 17.0. The molecule has 23 heavy (non-hydrogen) atoms. The van der Waals surface area contributed by atoms with Gasteiger partial charge >= 0.3 is 12.6 Å². The number of aliphatic hydroxyl groups is 1. The lowest BCUT2D eigenvalue weighted by Gasteiger charge is -2.26. The monoisotopic (exact) mass is 348 g/mol. The number of hydrogen-bond donors (Lipinski definition) is 2. The van der Waals surface area contributed by atoms with Crippen LogP contribution in [0.5, 0.6) is 5.75 Å². The highest BCUT2D eigenvalue weighted by Crippen LogP contribution is 2.30. The van der Waals surface area contributed by atoms with Crippen LogP contribution in [0.2, 0.25) is 5.02 Å². The van der Waals surface area contributed by atoms with Gasteiger partial charge < -0.3 is 20.1 Å². The molecule has 0 aromatic heterocycles. The van der Waals surface area contributed by atoms with E-state index in [2.05, 4.69) is 10.1 Å². The maximum atomic E-state index is 12.3. The lowest BCUT2D eigenvalue weighted by molar-refractivity contribution is -0.0497. The molecule has 0 spiro atoms. The van der Waals surface area contributed by atoms with Crippen LogP contribution in [-0.4, -0.2) is 41.3 Å². The van der Waals surface area contributed by atoms with Gasteiger partial charge in [0.15, 0.2) is 0 Å². The van der Waals surface area contributed by atoms with Crippen LogP contribution in [0.3, 0.4) is 0 Å². The average molecular weight is 349 g/mol. The number of halogens is 3. The summed E-state index contributed by atoms with van der Waals surface area (Å²) < 4.78 is 28.9. The van der Waals surface area contributed by atoms with Gasteiger partial charge in [0.25, 0.3) is 0 Å². The van der Waals surface area contributed by atoms with E-state index in [1.54, 1.807) is 11.8 Å². The predicted molar refractivity (Wildman–Crippen MR) is 83.1 cm³/mol. The minimum absolute atomic E-state index is 0.0286. The molecule has 128 valence electrons. The molecule has 2 amide bonds. The number of nitrogens with zero attached hydrogens (tertiary/aromatic N) is 1. The van der Waals surface area contributed by atoms with E-state index in [0.29, 0.717) is 18.7 Å². The van der Waals surface area contributed by atoms with Crippen molar-refractivity contribution in [2.45, 2.75) is 44.9 Å². The number of likely N-dealkylation sites (tertiary alicyclic amines) is 1. The largest absolute Gasteiger partial charge is 0.433 e. The third kappa shape index (κ3) is 4.94. The van der Waals surface area contributed by atoms with Crippen molar-refractivity contribution in [2.24, 2.45) is 0 Å². The molecule has 0 saturated carbocycles. The van der Waals surface area contributed by atoms with E-state index in [-0.39, 0.29) is 22.8 Å². The van der Waals surface area contributed by atoms with Crippen LogP contribution in [0.1, 0.15) is 26.2 Å². The summed E-state index contributed by atoms with van der Waals surface area (Å²) in [6.45, 7) is -0.717. The number of nitrogens with one attached hydrogen (secondary N) is 1. The fourth-order valence-electron chi connectivity index (χ4n) is 2.70. The molecule has 0 aliphatic carbocycles. The number of hydrogen-bond acceptors (Lipinski definition) is 3. The minimum Gasteiger partial charge on any atom is -0.433 e. The van der Waals surface area contributed by atoms with Crippen LogP contribution >= 0.6 is 11.6 Å². The van der Waals surface area contributed by atoms with E-state index in [9.17, 15) is 18.7 Å². The molecule has 0 bridgehead atoms. The zero-order valence-electron chi connectivity index (χ0n) is 12.6. The van der Waals surface area contributed by atoms with Gasteiger partial charge in [0.05, 0.1) is 11.1 Å². The fourth-order valence-corrected chi connectivity index (χ4v) is 2.87. The number of anilines is 1. The highest BCUT2D eigenvalue weighted by atomic mass is 35.5. The molecular formula is C15H19ClF2N2O3. The normalized spacial score (nSPS) is 19.0. The van der Waals surface area contributed by atoms with Crippen molar-refractivity contribution in [3.63, 3.8) is 0 Å². The lowest BCUT2D eigenvalue weighted by atomic mass is 10.1. The van der Waals surface area contributed by atoms with Crippen molar-refractivity contribution < 1.29 is 23.4 Å². The molecule has 2 atom stereocenters. The van der Waals surface area contributed by atoms with E-state index in [4.69, 9.17) is 11.6 Å². The van der Waals surface area contributed by atoms with E-state index >= 15 is 0 Å². The second-order valence-electron chi connectivity index (χ2n) is 5.53. The Bertz CT molecular complexity index is 558. The van der Waals surface area contributed by atoms with Crippen molar-refractivity contribution >= 4 is 23.3 Å². The molecule has 8 heteroatoms. The Labute approximate surface area is 138 Å². The number of aliphatic hydroxyl groups excluding tert-OH is 1. The minimum atomic E-state index is -2.99. The molecule has 1 aromatic rings. The van der Waals surface area contributed by atoms with Crippen molar-refractivity contribution in [1.29, 1.82) is 0 Å². The van der Waals surface area contributed by atoms with Gasteiger partial charge in [0.2, 0.25) is 0 Å². The number of carbonyl (C=O) groups excluding carboxylic acids is 1. The second kappa shape index (κ2) is 7.79. The molecule has 2 rings (SSSR count). The first kappa shape index (κ1) is 17.7.